The van der Waals surface area contributed by atoms with Gasteiger partial charge in [-0.15, -0.1) is 11.3 Å². The molecule has 0 aliphatic heterocycles. The highest BCUT2D eigenvalue weighted by atomic mass is 32.1. The van der Waals surface area contributed by atoms with Crippen molar-refractivity contribution >= 4 is 33.9 Å². The second-order valence-electron chi connectivity index (χ2n) is 5.68. The molecule has 126 valence electrons. The third-order valence-electron chi connectivity index (χ3n) is 3.89. The second kappa shape index (κ2) is 6.14. The minimum absolute atomic E-state index is 0.0624. The molecule has 7 nitrogen and oxygen atoms in total. The molecule has 4 aromatic rings. The van der Waals surface area contributed by atoms with Crippen molar-refractivity contribution in [3.8, 4) is 0 Å². The smallest absolute Gasteiger partial charge is 0.277 e. The summed E-state index contributed by atoms with van der Waals surface area (Å²) in [6, 6.07) is 9.11. The Hall–Kier alpha value is -3.00. The van der Waals surface area contributed by atoms with E-state index in [4.69, 9.17) is 0 Å². The Bertz CT molecular complexity index is 1130. The number of aryl methyl sites for hydroxylation is 1. The van der Waals surface area contributed by atoms with E-state index in [2.05, 4.69) is 15.4 Å². The second-order valence-corrected chi connectivity index (χ2v) is 6.71. The van der Waals surface area contributed by atoms with Gasteiger partial charge in [-0.3, -0.25) is 14.2 Å². The lowest BCUT2D eigenvalue weighted by atomic mass is 10.3. The summed E-state index contributed by atoms with van der Waals surface area (Å²) in [6.07, 6.45) is 1.64. The molecule has 0 unspecified atom stereocenters. The number of thiophene rings is 1. The highest BCUT2D eigenvalue weighted by Gasteiger charge is 2.15. The van der Waals surface area contributed by atoms with Crippen LogP contribution in [0.2, 0.25) is 0 Å². The van der Waals surface area contributed by atoms with Gasteiger partial charge in [0.05, 0.1) is 17.8 Å². The monoisotopic (exact) mass is 353 g/mol. The Kier molecular flexibility index (Phi) is 3.81. The molecule has 4 heterocycles. The zero-order valence-electron chi connectivity index (χ0n) is 13.5. The molecular weight excluding hydrogens is 338 g/mol. The maximum Gasteiger partial charge on any atom is 0.277 e. The SMILES string of the molecule is Cc1cc2c(=O)n(CC(=O)NCc3cccs3)c3cccnc3n2n1. The van der Waals surface area contributed by atoms with Crippen molar-refractivity contribution in [2.45, 2.75) is 20.0 Å². The summed E-state index contributed by atoms with van der Waals surface area (Å²) in [4.78, 5) is 30.5. The molecule has 0 saturated heterocycles. The van der Waals surface area contributed by atoms with Crippen LogP contribution in [0.4, 0.5) is 0 Å². The number of carbonyl (C=O) groups is 1. The van der Waals surface area contributed by atoms with Gasteiger partial charge in [0.15, 0.2) is 5.65 Å². The van der Waals surface area contributed by atoms with Crippen molar-refractivity contribution in [2.24, 2.45) is 0 Å². The first-order valence-electron chi connectivity index (χ1n) is 7.76. The van der Waals surface area contributed by atoms with E-state index in [0.29, 0.717) is 23.2 Å². The molecule has 0 saturated carbocycles. The molecule has 25 heavy (non-hydrogen) atoms. The van der Waals surface area contributed by atoms with Gasteiger partial charge in [0.2, 0.25) is 5.91 Å². The Morgan fingerprint density at radius 3 is 2.96 bits per heavy atom. The maximum absolute atomic E-state index is 12.8. The number of hydrogen-bond acceptors (Lipinski definition) is 5. The normalized spacial score (nSPS) is 11.2. The van der Waals surface area contributed by atoms with E-state index in [-0.39, 0.29) is 18.0 Å². The number of rotatable bonds is 4. The van der Waals surface area contributed by atoms with E-state index in [9.17, 15) is 9.59 Å². The van der Waals surface area contributed by atoms with Gasteiger partial charge in [-0.05, 0) is 36.6 Å². The minimum atomic E-state index is -0.257. The number of aromatic nitrogens is 4. The number of fused-ring (bicyclic) bond motifs is 3. The van der Waals surface area contributed by atoms with E-state index >= 15 is 0 Å². The molecule has 0 atom stereocenters. The molecule has 0 aromatic carbocycles. The third-order valence-corrected chi connectivity index (χ3v) is 4.77. The third kappa shape index (κ3) is 2.80. The summed E-state index contributed by atoms with van der Waals surface area (Å²) in [5.74, 6) is -0.221. The topological polar surface area (TPSA) is 81.3 Å². The summed E-state index contributed by atoms with van der Waals surface area (Å²) in [6.45, 7) is 2.21. The number of pyridine rings is 1. The van der Waals surface area contributed by atoms with Gasteiger partial charge in [-0.1, -0.05) is 6.07 Å². The van der Waals surface area contributed by atoms with Crippen LogP contribution in [-0.4, -0.2) is 25.1 Å². The fourth-order valence-corrected chi connectivity index (χ4v) is 3.42. The lowest BCUT2D eigenvalue weighted by Gasteiger charge is -2.11. The standard InChI is InChI=1S/C17H15N5O2S/c1-11-8-14-17(24)21(10-15(23)19-9-12-4-3-7-25-12)13-5-2-6-18-16(13)22(14)20-11/h2-8H,9-10H2,1H3,(H,19,23). The maximum atomic E-state index is 12.8. The molecule has 8 heteroatoms. The first-order chi connectivity index (χ1) is 12.1. The van der Waals surface area contributed by atoms with Crippen LogP contribution in [0.15, 0.2) is 46.7 Å². The van der Waals surface area contributed by atoms with Gasteiger partial charge in [0.1, 0.15) is 12.1 Å². The van der Waals surface area contributed by atoms with Crippen LogP contribution in [0.5, 0.6) is 0 Å². The summed E-state index contributed by atoms with van der Waals surface area (Å²) >= 11 is 1.58. The van der Waals surface area contributed by atoms with Gasteiger partial charge in [-0.25, -0.2) is 9.50 Å². The highest BCUT2D eigenvalue weighted by molar-refractivity contribution is 7.09. The molecule has 1 amide bonds. The molecular formula is C17H15N5O2S. The Morgan fingerprint density at radius 2 is 2.16 bits per heavy atom. The number of hydrogen-bond donors (Lipinski definition) is 1. The molecule has 0 fully saturated rings. The van der Waals surface area contributed by atoms with Crippen LogP contribution in [0.1, 0.15) is 10.6 Å². The average molecular weight is 353 g/mol. The highest BCUT2D eigenvalue weighted by Crippen LogP contribution is 2.13. The molecule has 0 bridgehead atoms. The molecule has 0 spiro atoms. The summed E-state index contributed by atoms with van der Waals surface area (Å²) < 4.78 is 2.98. The predicted molar refractivity (Wildman–Crippen MR) is 95.7 cm³/mol. The van der Waals surface area contributed by atoms with Crippen LogP contribution in [0.3, 0.4) is 0 Å². The molecule has 0 aliphatic carbocycles. The van der Waals surface area contributed by atoms with E-state index < -0.39 is 0 Å². The van der Waals surface area contributed by atoms with E-state index in [1.54, 1.807) is 35.7 Å². The first kappa shape index (κ1) is 15.5. The predicted octanol–water partition coefficient (Wildman–Crippen LogP) is 1.73. The lowest BCUT2D eigenvalue weighted by molar-refractivity contribution is -0.121. The number of carbonyl (C=O) groups excluding carboxylic acids is 1. The summed E-state index contributed by atoms with van der Waals surface area (Å²) in [7, 11) is 0. The van der Waals surface area contributed by atoms with Crippen molar-refractivity contribution < 1.29 is 4.79 Å². The largest absolute Gasteiger partial charge is 0.350 e. The van der Waals surface area contributed by atoms with E-state index in [1.165, 1.54) is 9.08 Å². The zero-order chi connectivity index (χ0) is 17.4. The van der Waals surface area contributed by atoms with Gasteiger partial charge >= 0.3 is 0 Å². The molecule has 1 N–H and O–H groups in total. The average Bonchev–Trinajstić information content (AvgIpc) is 3.26. The van der Waals surface area contributed by atoms with E-state index in [1.807, 2.05) is 24.4 Å². The molecule has 0 aliphatic rings. The summed E-state index contributed by atoms with van der Waals surface area (Å²) in [5.41, 5.74) is 2.01. The van der Waals surface area contributed by atoms with Crippen molar-refractivity contribution in [2.75, 3.05) is 0 Å². The van der Waals surface area contributed by atoms with Crippen molar-refractivity contribution in [3.05, 3.63) is 62.8 Å². The van der Waals surface area contributed by atoms with Gasteiger partial charge in [0.25, 0.3) is 5.56 Å². The van der Waals surface area contributed by atoms with Crippen molar-refractivity contribution in [3.63, 3.8) is 0 Å². The number of amides is 1. The van der Waals surface area contributed by atoms with Crippen LogP contribution >= 0.6 is 11.3 Å². The zero-order valence-corrected chi connectivity index (χ0v) is 14.3. The van der Waals surface area contributed by atoms with Crippen molar-refractivity contribution in [1.82, 2.24) is 24.5 Å². The Labute approximate surface area is 146 Å². The Balaban J connectivity index is 1.73. The number of nitrogens with one attached hydrogen (secondary N) is 1. The Morgan fingerprint density at radius 1 is 1.28 bits per heavy atom. The van der Waals surface area contributed by atoms with Gasteiger partial charge < -0.3 is 5.32 Å². The van der Waals surface area contributed by atoms with Crippen molar-refractivity contribution in [1.29, 1.82) is 0 Å². The van der Waals surface area contributed by atoms with Gasteiger partial charge in [0, 0.05) is 11.1 Å². The van der Waals surface area contributed by atoms with Crippen LogP contribution in [0, 0.1) is 6.92 Å². The fraction of sp³-hybridized carbons (Fsp3) is 0.176. The number of nitrogens with zero attached hydrogens (tertiary/aromatic N) is 4. The summed E-state index contributed by atoms with van der Waals surface area (Å²) in [5, 5.41) is 9.14. The first-order valence-corrected chi connectivity index (χ1v) is 8.64. The minimum Gasteiger partial charge on any atom is -0.350 e. The van der Waals surface area contributed by atoms with Crippen LogP contribution in [-0.2, 0) is 17.9 Å². The molecule has 0 radical (unpaired) electrons. The molecule has 4 aromatic heterocycles. The van der Waals surface area contributed by atoms with Gasteiger partial charge in [-0.2, -0.15) is 5.10 Å². The van der Waals surface area contributed by atoms with E-state index in [0.717, 1.165) is 10.6 Å². The quantitative estimate of drug-likeness (QED) is 0.606. The fourth-order valence-electron chi connectivity index (χ4n) is 2.78. The van der Waals surface area contributed by atoms with Crippen LogP contribution < -0.4 is 10.9 Å². The van der Waals surface area contributed by atoms with Crippen LogP contribution in [0.25, 0.3) is 16.7 Å². The lowest BCUT2D eigenvalue weighted by Crippen LogP contribution is -2.33. The molecule has 4 rings (SSSR count).